The normalized spacial score (nSPS) is 13.6. The van der Waals surface area contributed by atoms with E-state index in [9.17, 15) is 4.39 Å². The Labute approximate surface area is 197 Å². The number of rotatable bonds is 4. The van der Waals surface area contributed by atoms with Crippen LogP contribution in [0.4, 0.5) is 10.1 Å². The molecule has 3 aromatic carbocycles. The van der Waals surface area contributed by atoms with E-state index in [1.54, 1.807) is 12.3 Å². The molecule has 0 spiro atoms. The molecule has 170 valence electrons. The maximum atomic E-state index is 14.3. The second-order valence-electron chi connectivity index (χ2n) is 8.72. The highest BCUT2D eigenvalue weighted by Gasteiger charge is 2.19. The number of hydrogen-bond acceptors (Lipinski definition) is 4. The van der Waals surface area contributed by atoms with E-state index in [0.29, 0.717) is 25.2 Å². The number of anilines is 1. The molecule has 1 N–H and O–H groups in total. The van der Waals surface area contributed by atoms with Crippen molar-refractivity contribution in [1.82, 2.24) is 15.0 Å². The molecule has 6 rings (SSSR count). The summed E-state index contributed by atoms with van der Waals surface area (Å²) in [6, 6.07) is 19.8. The molecule has 0 saturated carbocycles. The van der Waals surface area contributed by atoms with Crippen molar-refractivity contribution in [2.75, 3.05) is 18.1 Å². The Kier molecular flexibility index (Phi) is 5.13. The van der Waals surface area contributed by atoms with Crippen molar-refractivity contribution in [3.05, 3.63) is 84.1 Å². The van der Waals surface area contributed by atoms with E-state index in [1.807, 2.05) is 12.1 Å². The average molecular weight is 453 g/mol. The lowest BCUT2D eigenvalue weighted by atomic mass is 10.0. The number of aryl methyl sites for hydroxylation is 1. The summed E-state index contributed by atoms with van der Waals surface area (Å²) >= 11 is 0. The van der Waals surface area contributed by atoms with Crippen molar-refractivity contribution in [2.24, 2.45) is 0 Å². The molecule has 0 saturated heterocycles. The van der Waals surface area contributed by atoms with E-state index in [-0.39, 0.29) is 5.82 Å². The monoisotopic (exact) mass is 452 g/mol. The number of aromatic amines is 1. The Morgan fingerprint density at radius 2 is 1.94 bits per heavy atom. The van der Waals surface area contributed by atoms with Crippen molar-refractivity contribution < 1.29 is 9.13 Å². The summed E-state index contributed by atoms with van der Waals surface area (Å²) < 4.78 is 20.4. The second kappa shape index (κ2) is 8.45. The zero-order valence-electron chi connectivity index (χ0n) is 19.0. The van der Waals surface area contributed by atoms with Crippen molar-refractivity contribution in [3.8, 4) is 16.9 Å². The molecule has 34 heavy (non-hydrogen) atoms. The fourth-order valence-electron chi connectivity index (χ4n) is 4.78. The Balaban J connectivity index is 1.37. The quantitative estimate of drug-likeness (QED) is 0.349. The van der Waals surface area contributed by atoms with Gasteiger partial charge in [0.1, 0.15) is 29.5 Å². The molecule has 3 heterocycles. The van der Waals surface area contributed by atoms with Crippen LogP contribution in [0.3, 0.4) is 0 Å². The molecular formula is C28H25FN4O. The number of halogens is 1. The van der Waals surface area contributed by atoms with Gasteiger partial charge < -0.3 is 14.6 Å². The largest absolute Gasteiger partial charge is 0.491 e. The smallest absolute Gasteiger partial charge is 0.149 e. The molecule has 0 atom stereocenters. The van der Waals surface area contributed by atoms with Crippen LogP contribution in [0.1, 0.15) is 24.7 Å². The van der Waals surface area contributed by atoms with Crippen LogP contribution in [-0.4, -0.2) is 28.1 Å². The number of ether oxygens (including phenoxy) is 1. The summed E-state index contributed by atoms with van der Waals surface area (Å²) in [4.78, 5) is 14.6. The minimum Gasteiger partial charge on any atom is -0.491 e. The zero-order chi connectivity index (χ0) is 23.1. The van der Waals surface area contributed by atoms with Gasteiger partial charge in [0.15, 0.2) is 0 Å². The van der Waals surface area contributed by atoms with E-state index in [0.717, 1.165) is 63.2 Å². The maximum absolute atomic E-state index is 14.3. The van der Waals surface area contributed by atoms with Crippen LogP contribution in [0.2, 0.25) is 0 Å². The molecular weight excluding hydrogens is 427 g/mol. The van der Waals surface area contributed by atoms with E-state index in [1.165, 1.54) is 6.07 Å². The summed E-state index contributed by atoms with van der Waals surface area (Å²) in [7, 11) is 0. The van der Waals surface area contributed by atoms with E-state index in [2.05, 4.69) is 63.2 Å². The molecule has 0 unspecified atom stereocenters. The van der Waals surface area contributed by atoms with Crippen molar-refractivity contribution in [1.29, 1.82) is 0 Å². The van der Waals surface area contributed by atoms with Crippen molar-refractivity contribution in [3.63, 3.8) is 0 Å². The van der Waals surface area contributed by atoms with Gasteiger partial charge in [0.05, 0.1) is 17.6 Å². The van der Waals surface area contributed by atoms with Crippen molar-refractivity contribution in [2.45, 2.75) is 26.3 Å². The van der Waals surface area contributed by atoms with Gasteiger partial charge >= 0.3 is 0 Å². The minimum absolute atomic E-state index is 0.301. The van der Waals surface area contributed by atoms with Crippen LogP contribution in [-0.2, 0) is 13.0 Å². The molecule has 1 aliphatic heterocycles. The van der Waals surface area contributed by atoms with Gasteiger partial charge in [-0.1, -0.05) is 31.2 Å². The Bertz CT molecular complexity index is 1510. The lowest BCUT2D eigenvalue weighted by Crippen LogP contribution is -2.25. The minimum atomic E-state index is -0.301. The SMILES string of the molecule is CCCc1nc2ccc(-c3ccc4c(c3)CN(c3ccnc5c(F)cccc35)CCO4)cc2[nH]1. The number of fused-ring (bicyclic) bond motifs is 3. The third-order valence-corrected chi connectivity index (χ3v) is 6.43. The second-order valence-corrected chi connectivity index (χ2v) is 8.72. The molecule has 0 bridgehead atoms. The highest BCUT2D eigenvalue weighted by Crippen LogP contribution is 2.34. The van der Waals surface area contributed by atoms with E-state index >= 15 is 0 Å². The topological polar surface area (TPSA) is 54.0 Å². The van der Waals surface area contributed by atoms with Crippen LogP contribution in [0.5, 0.6) is 5.75 Å². The summed E-state index contributed by atoms with van der Waals surface area (Å²) in [5, 5.41) is 0.815. The van der Waals surface area contributed by atoms with E-state index < -0.39 is 0 Å². The summed E-state index contributed by atoms with van der Waals surface area (Å²) in [5.74, 6) is 1.62. The van der Waals surface area contributed by atoms with Gasteiger partial charge in [-0.15, -0.1) is 0 Å². The first kappa shape index (κ1) is 20.7. The number of nitrogens with one attached hydrogen (secondary N) is 1. The molecule has 0 aliphatic carbocycles. The lowest BCUT2D eigenvalue weighted by Gasteiger charge is -2.23. The average Bonchev–Trinajstić information content (AvgIpc) is 3.13. The highest BCUT2D eigenvalue weighted by atomic mass is 19.1. The third-order valence-electron chi connectivity index (χ3n) is 6.43. The number of nitrogens with zero attached hydrogens (tertiary/aromatic N) is 3. The van der Waals surface area contributed by atoms with Gasteiger partial charge in [-0.05, 0) is 53.9 Å². The molecule has 6 heteroatoms. The van der Waals surface area contributed by atoms with Crippen molar-refractivity contribution >= 4 is 27.6 Å². The van der Waals surface area contributed by atoms with Gasteiger partial charge in [0, 0.05) is 35.8 Å². The maximum Gasteiger partial charge on any atom is 0.149 e. The van der Waals surface area contributed by atoms with Crippen LogP contribution < -0.4 is 9.64 Å². The number of para-hydroxylation sites is 1. The number of pyridine rings is 1. The number of aromatic nitrogens is 3. The molecule has 0 fully saturated rings. The highest BCUT2D eigenvalue weighted by molar-refractivity contribution is 5.92. The third kappa shape index (κ3) is 3.65. The number of hydrogen-bond donors (Lipinski definition) is 1. The van der Waals surface area contributed by atoms with Gasteiger partial charge in [-0.25, -0.2) is 9.37 Å². The summed E-state index contributed by atoms with van der Waals surface area (Å²) in [6.45, 7) is 4.10. The molecule has 1 aliphatic rings. The number of H-pyrrole nitrogens is 1. The molecule has 2 aromatic heterocycles. The van der Waals surface area contributed by atoms with Crippen LogP contribution in [0.15, 0.2) is 66.9 Å². The number of benzene rings is 3. The predicted octanol–water partition coefficient (Wildman–Crippen LogP) is 6.27. The molecule has 5 aromatic rings. The van der Waals surface area contributed by atoms with Crippen LogP contribution in [0.25, 0.3) is 33.1 Å². The fraction of sp³-hybridized carbons (Fsp3) is 0.214. The molecule has 0 radical (unpaired) electrons. The first-order chi connectivity index (χ1) is 16.7. The Morgan fingerprint density at radius 1 is 1.06 bits per heavy atom. The summed E-state index contributed by atoms with van der Waals surface area (Å²) in [5.41, 5.74) is 6.78. The predicted molar refractivity (Wildman–Crippen MR) is 134 cm³/mol. The van der Waals surface area contributed by atoms with Gasteiger partial charge in [-0.2, -0.15) is 0 Å². The molecule has 5 nitrogen and oxygen atoms in total. The lowest BCUT2D eigenvalue weighted by molar-refractivity contribution is 0.332. The Hall–Kier alpha value is -3.93. The van der Waals surface area contributed by atoms with Gasteiger partial charge in [-0.3, -0.25) is 4.98 Å². The zero-order valence-corrected chi connectivity index (χ0v) is 19.0. The fourth-order valence-corrected chi connectivity index (χ4v) is 4.78. The summed E-state index contributed by atoms with van der Waals surface area (Å²) in [6.07, 6.45) is 3.69. The Morgan fingerprint density at radius 3 is 2.85 bits per heavy atom. The van der Waals surface area contributed by atoms with E-state index in [4.69, 9.17) is 4.74 Å². The molecule has 0 amide bonds. The van der Waals surface area contributed by atoms with Gasteiger partial charge in [0.2, 0.25) is 0 Å². The first-order valence-corrected chi connectivity index (χ1v) is 11.7. The standard InChI is InChI=1S/C28H25FN4O/c1-2-4-27-31-23-9-7-19(16-24(23)32-27)18-8-10-26-20(15-18)17-33(13-14-34-26)25-11-12-30-28-21(25)5-3-6-22(28)29/h3,5-12,15-16H,2,4,13-14,17H2,1H3,(H,31,32). The number of imidazole rings is 1. The van der Waals surface area contributed by atoms with Crippen LogP contribution in [0, 0.1) is 5.82 Å². The van der Waals surface area contributed by atoms with Crippen LogP contribution >= 0.6 is 0 Å². The first-order valence-electron chi connectivity index (χ1n) is 11.7. The van der Waals surface area contributed by atoms with Gasteiger partial charge in [0.25, 0.3) is 0 Å².